The summed E-state index contributed by atoms with van der Waals surface area (Å²) in [6.07, 6.45) is 14.1. The van der Waals surface area contributed by atoms with Gasteiger partial charge in [-0.25, -0.2) is 0 Å². The Morgan fingerprint density at radius 3 is 1.56 bits per heavy atom. The van der Waals surface area contributed by atoms with E-state index in [0.717, 1.165) is 63.0 Å². The van der Waals surface area contributed by atoms with Gasteiger partial charge in [0.15, 0.2) is 0 Å². The molecule has 0 saturated carbocycles. The largest absolute Gasteiger partial charge is 0.326 e. The lowest BCUT2D eigenvalue weighted by atomic mass is 9.91. The summed E-state index contributed by atoms with van der Waals surface area (Å²) >= 11 is 0. The number of nitrogens with one attached hydrogen (secondary N) is 4. The molecule has 6 nitrogen and oxygen atoms in total. The van der Waals surface area contributed by atoms with Gasteiger partial charge in [-0.1, -0.05) is 37.8 Å². The molecule has 6 heteroatoms. The molecule has 0 spiro atoms. The standard InChI is InChI=1S/C26H38N4O2/c31-25-15-13-19-21(9-7-11-23(19)29-25)27-17-5-3-1-2-4-6-18-28-22-10-8-12-24-20(22)14-16-26(32)30-24/h13-16,21-22,27-28H,1-12,17-18H2,(H,29,31)(H,30,32). The maximum atomic E-state index is 11.5. The van der Waals surface area contributed by atoms with Crippen molar-refractivity contribution in [3.8, 4) is 0 Å². The third kappa shape index (κ3) is 6.20. The molecule has 2 unspecified atom stereocenters. The van der Waals surface area contributed by atoms with Crippen LogP contribution in [0.25, 0.3) is 0 Å². The van der Waals surface area contributed by atoms with E-state index in [1.165, 1.54) is 49.7 Å². The smallest absolute Gasteiger partial charge is 0.248 e. The summed E-state index contributed by atoms with van der Waals surface area (Å²) in [6, 6.07) is 8.10. The van der Waals surface area contributed by atoms with Gasteiger partial charge in [-0.3, -0.25) is 9.59 Å². The van der Waals surface area contributed by atoms with Crippen LogP contribution in [0.4, 0.5) is 0 Å². The van der Waals surface area contributed by atoms with Crippen LogP contribution in [0.2, 0.25) is 0 Å². The van der Waals surface area contributed by atoms with E-state index in [9.17, 15) is 9.59 Å². The van der Waals surface area contributed by atoms with E-state index >= 15 is 0 Å². The zero-order valence-electron chi connectivity index (χ0n) is 19.2. The number of rotatable bonds is 11. The molecule has 0 amide bonds. The predicted molar refractivity (Wildman–Crippen MR) is 129 cm³/mol. The second kappa shape index (κ2) is 11.6. The van der Waals surface area contributed by atoms with Crippen molar-refractivity contribution in [2.24, 2.45) is 0 Å². The van der Waals surface area contributed by atoms with Crippen molar-refractivity contribution in [2.45, 2.75) is 89.1 Å². The van der Waals surface area contributed by atoms with E-state index < -0.39 is 0 Å². The Kier molecular flexibility index (Phi) is 8.35. The van der Waals surface area contributed by atoms with E-state index in [0.29, 0.717) is 12.1 Å². The van der Waals surface area contributed by atoms with Crippen LogP contribution in [0, 0.1) is 0 Å². The number of aryl methyl sites for hydroxylation is 2. The Balaban J connectivity index is 1.05. The Labute approximate surface area is 190 Å². The number of aromatic amines is 2. The molecule has 0 aromatic carbocycles. The van der Waals surface area contributed by atoms with Crippen molar-refractivity contribution in [1.82, 2.24) is 20.6 Å². The summed E-state index contributed by atoms with van der Waals surface area (Å²) in [5.74, 6) is 0. The van der Waals surface area contributed by atoms with Crippen LogP contribution in [-0.4, -0.2) is 23.1 Å². The van der Waals surface area contributed by atoms with E-state index in [1.807, 2.05) is 12.1 Å². The van der Waals surface area contributed by atoms with Crippen molar-refractivity contribution in [2.75, 3.05) is 13.1 Å². The highest BCUT2D eigenvalue weighted by Crippen LogP contribution is 2.28. The van der Waals surface area contributed by atoms with Crippen LogP contribution in [0.15, 0.2) is 33.9 Å². The van der Waals surface area contributed by atoms with Crippen LogP contribution in [0.1, 0.15) is 98.8 Å². The Morgan fingerprint density at radius 2 is 1.09 bits per heavy atom. The second-order valence-corrected chi connectivity index (χ2v) is 9.43. The van der Waals surface area contributed by atoms with Gasteiger partial charge in [-0.05, 0) is 75.6 Å². The Morgan fingerprint density at radius 1 is 0.656 bits per heavy atom. The fourth-order valence-corrected chi connectivity index (χ4v) is 5.33. The van der Waals surface area contributed by atoms with E-state index in [4.69, 9.17) is 0 Å². The van der Waals surface area contributed by atoms with Crippen LogP contribution in [0.5, 0.6) is 0 Å². The molecule has 4 rings (SSSR count). The number of H-pyrrole nitrogens is 2. The average Bonchev–Trinajstić information content (AvgIpc) is 2.80. The molecule has 2 aromatic rings. The molecule has 2 aliphatic rings. The first kappa shape index (κ1) is 23.0. The lowest BCUT2D eigenvalue weighted by Crippen LogP contribution is -2.28. The summed E-state index contributed by atoms with van der Waals surface area (Å²) in [4.78, 5) is 29.1. The summed E-state index contributed by atoms with van der Waals surface area (Å²) in [6.45, 7) is 2.10. The first-order chi connectivity index (χ1) is 15.7. The number of hydrogen-bond donors (Lipinski definition) is 4. The number of aromatic nitrogens is 2. The molecule has 174 valence electrons. The zero-order valence-corrected chi connectivity index (χ0v) is 19.2. The molecule has 4 N–H and O–H groups in total. The normalized spacial score (nSPS) is 20.0. The van der Waals surface area contributed by atoms with Gasteiger partial charge in [-0.15, -0.1) is 0 Å². The molecule has 32 heavy (non-hydrogen) atoms. The summed E-state index contributed by atoms with van der Waals surface area (Å²) in [5, 5.41) is 7.40. The lowest BCUT2D eigenvalue weighted by Gasteiger charge is -2.26. The number of fused-ring (bicyclic) bond motifs is 2. The highest BCUT2D eigenvalue weighted by Gasteiger charge is 2.21. The van der Waals surface area contributed by atoms with Crippen LogP contribution in [-0.2, 0) is 12.8 Å². The third-order valence-electron chi connectivity index (χ3n) is 7.05. The van der Waals surface area contributed by atoms with Gasteiger partial charge >= 0.3 is 0 Å². The molecular formula is C26H38N4O2. The monoisotopic (exact) mass is 438 g/mol. The maximum absolute atomic E-state index is 11.5. The first-order valence-electron chi connectivity index (χ1n) is 12.6. The van der Waals surface area contributed by atoms with E-state index in [2.05, 4.69) is 20.6 Å². The molecule has 0 saturated heterocycles. The van der Waals surface area contributed by atoms with Gasteiger partial charge in [0.2, 0.25) is 11.1 Å². The van der Waals surface area contributed by atoms with Crippen LogP contribution < -0.4 is 21.8 Å². The fourth-order valence-electron chi connectivity index (χ4n) is 5.33. The van der Waals surface area contributed by atoms with Gasteiger partial charge in [0.25, 0.3) is 0 Å². The van der Waals surface area contributed by atoms with E-state index in [-0.39, 0.29) is 11.1 Å². The average molecular weight is 439 g/mol. The quantitative estimate of drug-likeness (QED) is 0.399. The molecule has 2 atom stereocenters. The Hall–Kier alpha value is -2.18. The SMILES string of the molecule is O=c1ccc2c([nH]1)CCCC2NCCCCCCCCNC1CCCc2[nH]c(=O)ccc21. The van der Waals surface area contributed by atoms with Gasteiger partial charge in [0.05, 0.1) is 0 Å². The van der Waals surface area contributed by atoms with Crippen molar-refractivity contribution in [3.05, 3.63) is 67.5 Å². The van der Waals surface area contributed by atoms with Gasteiger partial charge < -0.3 is 20.6 Å². The summed E-state index contributed by atoms with van der Waals surface area (Å²) in [7, 11) is 0. The highest BCUT2D eigenvalue weighted by atomic mass is 16.1. The molecule has 2 aliphatic carbocycles. The van der Waals surface area contributed by atoms with Crippen molar-refractivity contribution in [1.29, 1.82) is 0 Å². The number of pyridine rings is 2. The minimum Gasteiger partial charge on any atom is -0.326 e. The first-order valence-corrected chi connectivity index (χ1v) is 12.6. The molecule has 2 aromatic heterocycles. The summed E-state index contributed by atoms with van der Waals surface area (Å²) < 4.78 is 0. The summed E-state index contributed by atoms with van der Waals surface area (Å²) in [5.41, 5.74) is 4.85. The maximum Gasteiger partial charge on any atom is 0.248 e. The number of unbranched alkanes of at least 4 members (excludes halogenated alkanes) is 5. The van der Waals surface area contributed by atoms with Crippen LogP contribution >= 0.6 is 0 Å². The second-order valence-electron chi connectivity index (χ2n) is 9.43. The van der Waals surface area contributed by atoms with Crippen molar-refractivity contribution in [3.63, 3.8) is 0 Å². The van der Waals surface area contributed by atoms with Gasteiger partial charge in [0, 0.05) is 35.6 Å². The number of hydrogen-bond acceptors (Lipinski definition) is 4. The lowest BCUT2D eigenvalue weighted by molar-refractivity contribution is 0.436. The minimum atomic E-state index is 0.0134. The molecule has 0 bridgehead atoms. The predicted octanol–water partition coefficient (Wildman–Crippen LogP) is 4.04. The molecule has 0 fully saturated rings. The van der Waals surface area contributed by atoms with Crippen molar-refractivity contribution >= 4 is 0 Å². The third-order valence-corrected chi connectivity index (χ3v) is 7.05. The minimum absolute atomic E-state index is 0.0134. The van der Waals surface area contributed by atoms with Gasteiger partial charge in [0.1, 0.15) is 0 Å². The molecule has 0 radical (unpaired) electrons. The Bertz CT molecular complexity index is 901. The highest BCUT2D eigenvalue weighted by molar-refractivity contribution is 5.27. The molecule has 0 aliphatic heterocycles. The zero-order chi connectivity index (χ0) is 22.2. The molecular weight excluding hydrogens is 400 g/mol. The fraction of sp³-hybridized carbons (Fsp3) is 0.615. The van der Waals surface area contributed by atoms with Gasteiger partial charge in [-0.2, -0.15) is 0 Å². The van der Waals surface area contributed by atoms with Crippen LogP contribution in [0.3, 0.4) is 0 Å². The topological polar surface area (TPSA) is 89.8 Å². The van der Waals surface area contributed by atoms with Crippen molar-refractivity contribution < 1.29 is 0 Å². The van der Waals surface area contributed by atoms with E-state index in [1.54, 1.807) is 12.1 Å². The molecule has 2 heterocycles.